The average molecular weight is 686 g/mol. The molecule has 0 fully saturated rings. The van der Waals surface area contributed by atoms with Crippen molar-refractivity contribution < 1.29 is 0 Å². The number of para-hydroxylation sites is 2. The van der Waals surface area contributed by atoms with Gasteiger partial charge in [0.25, 0.3) is 0 Å². The summed E-state index contributed by atoms with van der Waals surface area (Å²) in [6.07, 6.45) is 0. The zero-order valence-corrected chi connectivity index (χ0v) is 31.7. The average Bonchev–Trinajstić information content (AvgIpc) is 3.17. The van der Waals surface area contributed by atoms with E-state index in [2.05, 4.69) is 222 Å². The van der Waals surface area contributed by atoms with E-state index in [0.29, 0.717) is 0 Å². The number of hydrogen-bond acceptors (Lipinski definition) is 1. The van der Waals surface area contributed by atoms with E-state index in [-0.39, 0.29) is 10.8 Å². The molecule has 1 heteroatoms. The summed E-state index contributed by atoms with van der Waals surface area (Å²) >= 11 is 0. The second-order valence-corrected chi connectivity index (χ2v) is 16.3. The smallest absolute Gasteiger partial charge is 0.0540 e. The zero-order chi connectivity index (χ0) is 36.7. The second-order valence-electron chi connectivity index (χ2n) is 16.3. The first-order valence-electron chi connectivity index (χ1n) is 18.8. The van der Waals surface area contributed by atoms with Gasteiger partial charge in [0.2, 0.25) is 0 Å². The SMILES string of the molecule is CC(C)(C)c1cc(-c2cccc3cccc(-c4ccccc4N(c4ccccc4)c4cccc(-c5cccc6ccccc56)c4)c23)cc(C(C)(C)C)c1. The van der Waals surface area contributed by atoms with E-state index in [1.54, 1.807) is 0 Å². The highest BCUT2D eigenvalue weighted by Crippen LogP contribution is 2.46. The molecule has 0 radical (unpaired) electrons. The lowest BCUT2D eigenvalue weighted by Gasteiger charge is -2.29. The van der Waals surface area contributed by atoms with E-state index >= 15 is 0 Å². The van der Waals surface area contributed by atoms with E-state index in [0.717, 1.165) is 17.1 Å². The van der Waals surface area contributed by atoms with Gasteiger partial charge >= 0.3 is 0 Å². The quantitative estimate of drug-likeness (QED) is 0.168. The van der Waals surface area contributed by atoms with Gasteiger partial charge in [0.1, 0.15) is 0 Å². The van der Waals surface area contributed by atoms with E-state index < -0.39 is 0 Å². The Hall–Kier alpha value is -5.92. The van der Waals surface area contributed by atoms with Crippen LogP contribution in [-0.4, -0.2) is 0 Å². The molecule has 0 atom stereocenters. The lowest BCUT2D eigenvalue weighted by Crippen LogP contribution is -2.16. The Balaban J connectivity index is 1.36. The highest BCUT2D eigenvalue weighted by Gasteiger charge is 2.23. The van der Waals surface area contributed by atoms with Crippen molar-refractivity contribution in [3.05, 3.63) is 187 Å². The monoisotopic (exact) mass is 685 g/mol. The first kappa shape index (κ1) is 34.2. The van der Waals surface area contributed by atoms with Crippen molar-refractivity contribution in [2.75, 3.05) is 4.90 Å². The molecule has 53 heavy (non-hydrogen) atoms. The number of fused-ring (bicyclic) bond motifs is 2. The normalized spacial score (nSPS) is 12.0. The minimum Gasteiger partial charge on any atom is -0.310 e. The molecule has 0 amide bonds. The maximum atomic E-state index is 2.42. The van der Waals surface area contributed by atoms with Gasteiger partial charge in [0, 0.05) is 16.9 Å². The Morgan fingerprint density at radius 3 is 1.60 bits per heavy atom. The molecule has 1 nitrogen and oxygen atoms in total. The summed E-state index contributed by atoms with van der Waals surface area (Å²) in [5.74, 6) is 0. The van der Waals surface area contributed by atoms with Crippen molar-refractivity contribution in [1.29, 1.82) is 0 Å². The first-order valence-corrected chi connectivity index (χ1v) is 18.8. The summed E-state index contributed by atoms with van der Waals surface area (Å²) in [5, 5.41) is 5.01. The van der Waals surface area contributed by atoms with E-state index in [9.17, 15) is 0 Å². The lowest BCUT2D eigenvalue weighted by molar-refractivity contribution is 0.569. The Bertz CT molecular complexity index is 2540. The van der Waals surface area contributed by atoms with Gasteiger partial charge < -0.3 is 4.90 Å². The van der Waals surface area contributed by atoms with Crippen molar-refractivity contribution in [3.63, 3.8) is 0 Å². The molecule has 0 aliphatic carbocycles. The maximum absolute atomic E-state index is 2.42. The summed E-state index contributed by atoms with van der Waals surface area (Å²) in [6, 6.07) is 64.7. The van der Waals surface area contributed by atoms with Crippen LogP contribution in [0.15, 0.2) is 176 Å². The summed E-state index contributed by atoms with van der Waals surface area (Å²) in [4.78, 5) is 2.42. The van der Waals surface area contributed by atoms with Gasteiger partial charge in [0.15, 0.2) is 0 Å². The van der Waals surface area contributed by atoms with Gasteiger partial charge in [-0.05, 0) is 102 Å². The molecule has 0 aliphatic heterocycles. The van der Waals surface area contributed by atoms with Crippen LogP contribution in [0.3, 0.4) is 0 Å². The fraction of sp³-hybridized carbons (Fsp3) is 0.154. The topological polar surface area (TPSA) is 3.24 Å². The number of rotatable bonds is 6. The van der Waals surface area contributed by atoms with Crippen LogP contribution >= 0.6 is 0 Å². The molecule has 260 valence electrons. The molecule has 0 saturated heterocycles. The highest BCUT2D eigenvalue weighted by molar-refractivity contribution is 6.09. The minimum atomic E-state index is 0.0206. The number of anilines is 3. The van der Waals surface area contributed by atoms with Gasteiger partial charge in [-0.25, -0.2) is 0 Å². The molecule has 0 aliphatic rings. The van der Waals surface area contributed by atoms with Crippen LogP contribution in [0, 0.1) is 0 Å². The van der Waals surface area contributed by atoms with Crippen molar-refractivity contribution in [2.24, 2.45) is 0 Å². The van der Waals surface area contributed by atoms with Crippen LogP contribution in [0.4, 0.5) is 17.1 Å². The maximum Gasteiger partial charge on any atom is 0.0540 e. The fourth-order valence-electron chi connectivity index (χ4n) is 7.65. The molecule has 8 aromatic rings. The van der Waals surface area contributed by atoms with Crippen LogP contribution in [0.25, 0.3) is 54.9 Å². The van der Waals surface area contributed by atoms with Gasteiger partial charge in [-0.2, -0.15) is 0 Å². The molecule has 0 heterocycles. The van der Waals surface area contributed by atoms with Crippen LogP contribution in [0.1, 0.15) is 52.7 Å². The Kier molecular flexibility index (Phi) is 8.75. The molecule has 0 aromatic heterocycles. The predicted molar refractivity (Wildman–Crippen MR) is 230 cm³/mol. The molecular weight excluding hydrogens is 639 g/mol. The third kappa shape index (κ3) is 6.64. The number of benzene rings is 8. The van der Waals surface area contributed by atoms with Gasteiger partial charge in [-0.3, -0.25) is 0 Å². The first-order chi connectivity index (χ1) is 25.6. The van der Waals surface area contributed by atoms with E-state index in [1.165, 1.54) is 66.1 Å². The van der Waals surface area contributed by atoms with Gasteiger partial charge in [0.05, 0.1) is 5.69 Å². The fourth-order valence-corrected chi connectivity index (χ4v) is 7.65. The third-order valence-electron chi connectivity index (χ3n) is 10.5. The summed E-state index contributed by atoms with van der Waals surface area (Å²) in [5.41, 5.74) is 13.5. The standard InChI is InChI=1S/C52H47N/c1-51(2,3)40-32-39(33-41(35-40)52(4,5)6)46-29-16-20-37-21-17-30-48(50(37)46)47-27-12-13-31-49(47)53(42-23-8-7-9-24-42)43-25-14-22-38(34-43)45-28-15-19-36-18-10-11-26-44(36)45/h7-35H,1-6H3. The number of nitrogens with zero attached hydrogens (tertiary/aromatic N) is 1. The summed E-state index contributed by atoms with van der Waals surface area (Å²) in [7, 11) is 0. The largest absolute Gasteiger partial charge is 0.310 e. The van der Waals surface area contributed by atoms with Gasteiger partial charge in [-0.1, -0.05) is 187 Å². The molecule has 8 rings (SSSR count). The molecule has 0 bridgehead atoms. The molecule has 8 aromatic carbocycles. The van der Waals surface area contributed by atoms with E-state index in [4.69, 9.17) is 0 Å². The lowest BCUT2D eigenvalue weighted by atomic mass is 9.78. The second kappa shape index (κ2) is 13.6. The summed E-state index contributed by atoms with van der Waals surface area (Å²) in [6.45, 7) is 13.9. The van der Waals surface area contributed by atoms with E-state index in [1.807, 2.05) is 0 Å². The Morgan fingerprint density at radius 1 is 0.358 bits per heavy atom. The molecule has 0 N–H and O–H groups in total. The van der Waals surface area contributed by atoms with Gasteiger partial charge in [-0.15, -0.1) is 0 Å². The minimum absolute atomic E-state index is 0.0206. The van der Waals surface area contributed by atoms with Crippen LogP contribution in [-0.2, 0) is 10.8 Å². The molecule has 0 saturated carbocycles. The molecule has 0 unspecified atom stereocenters. The Labute approximate surface area is 315 Å². The van der Waals surface area contributed by atoms with Crippen LogP contribution in [0.5, 0.6) is 0 Å². The van der Waals surface area contributed by atoms with Crippen LogP contribution in [0.2, 0.25) is 0 Å². The zero-order valence-electron chi connectivity index (χ0n) is 31.7. The van der Waals surface area contributed by atoms with Crippen molar-refractivity contribution in [3.8, 4) is 33.4 Å². The van der Waals surface area contributed by atoms with Crippen LogP contribution < -0.4 is 4.90 Å². The number of hydrogen-bond donors (Lipinski definition) is 0. The molecular formula is C52H47N. The molecule has 0 spiro atoms. The third-order valence-corrected chi connectivity index (χ3v) is 10.5. The van der Waals surface area contributed by atoms with Crippen molar-refractivity contribution in [1.82, 2.24) is 0 Å². The summed E-state index contributed by atoms with van der Waals surface area (Å²) < 4.78 is 0. The van der Waals surface area contributed by atoms with Crippen molar-refractivity contribution in [2.45, 2.75) is 52.4 Å². The Morgan fingerprint density at radius 2 is 0.887 bits per heavy atom. The highest BCUT2D eigenvalue weighted by atomic mass is 15.1. The predicted octanol–water partition coefficient (Wildman–Crippen LogP) is 15.1. The van der Waals surface area contributed by atoms with Crippen molar-refractivity contribution >= 4 is 38.6 Å².